The zero-order valence-electron chi connectivity index (χ0n) is 20.3. The summed E-state index contributed by atoms with van der Waals surface area (Å²) in [6, 6.07) is 15.3. The normalized spacial score (nSPS) is 14.7. The summed E-state index contributed by atoms with van der Waals surface area (Å²) in [6.07, 6.45) is 1.51. The average Bonchev–Trinajstić information content (AvgIpc) is 2.90. The molecule has 0 fully saturated rings. The minimum atomic E-state index is -0.595. The van der Waals surface area contributed by atoms with Crippen molar-refractivity contribution in [3.63, 3.8) is 0 Å². The van der Waals surface area contributed by atoms with Gasteiger partial charge in [0.1, 0.15) is 17.4 Å². The molecule has 0 saturated heterocycles. The van der Waals surface area contributed by atoms with Crippen molar-refractivity contribution in [3.8, 4) is 17.2 Å². The maximum atomic E-state index is 13.6. The van der Waals surface area contributed by atoms with Crippen LogP contribution in [0.2, 0.25) is 5.02 Å². The predicted octanol–water partition coefficient (Wildman–Crippen LogP) is 5.65. The lowest BCUT2D eigenvalue weighted by molar-refractivity contribution is -0.384. The Kier molecular flexibility index (Phi) is 7.64. The van der Waals surface area contributed by atoms with Gasteiger partial charge in [-0.05, 0) is 65.9 Å². The molecule has 1 unspecified atom stereocenters. The van der Waals surface area contributed by atoms with E-state index in [0.717, 1.165) is 17.5 Å². The molecule has 1 heterocycles. The van der Waals surface area contributed by atoms with Crippen LogP contribution in [0, 0.1) is 10.1 Å². The monoisotopic (exact) mass is 510 g/mol. The minimum absolute atomic E-state index is 0.0206. The fourth-order valence-electron chi connectivity index (χ4n) is 4.40. The second-order valence-electron chi connectivity index (χ2n) is 8.40. The Morgan fingerprint density at radius 3 is 2.42 bits per heavy atom. The molecule has 1 amide bonds. The molecule has 36 heavy (non-hydrogen) atoms. The first-order chi connectivity index (χ1) is 17.4. The highest BCUT2D eigenvalue weighted by Gasteiger charge is 2.34. The molecule has 8 nitrogen and oxygen atoms in total. The molecule has 188 valence electrons. The van der Waals surface area contributed by atoms with Gasteiger partial charge in [0.05, 0.1) is 25.2 Å². The summed E-state index contributed by atoms with van der Waals surface area (Å²) in [5, 5.41) is 11.4. The van der Waals surface area contributed by atoms with Crippen molar-refractivity contribution in [3.05, 3.63) is 92.0 Å². The van der Waals surface area contributed by atoms with Crippen molar-refractivity contribution >= 4 is 23.2 Å². The summed E-state index contributed by atoms with van der Waals surface area (Å²) < 4.78 is 17.1. The van der Waals surface area contributed by atoms with Gasteiger partial charge in [-0.3, -0.25) is 14.9 Å². The van der Waals surface area contributed by atoms with Crippen LogP contribution in [-0.4, -0.2) is 43.1 Å². The van der Waals surface area contributed by atoms with Gasteiger partial charge in [0, 0.05) is 18.2 Å². The van der Waals surface area contributed by atoms with E-state index in [1.807, 2.05) is 36.4 Å². The van der Waals surface area contributed by atoms with Crippen molar-refractivity contribution in [2.75, 3.05) is 27.4 Å². The predicted molar refractivity (Wildman–Crippen MR) is 136 cm³/mol. The average molecular weight is 511 g/mol. The number of benzene rings is 3. The number of halogens is 1. The number of nitrogens with zero attached hydrogens (tertiary/aromatic N) is 2. The van der Waals surface area contributed by atoms with Crippen LogP contribution in [0.15, 0.2) is 54.6 Å². The molecule has 0 bridgehead atoms. The Balaban J connectivity index is 1.71. The molecule has 3 aromatic carbocycles. The van der Waals surface area contributed by atoms with Crippen LogP contribution >= 0.6 is 11.6 Å². The number of amides is 1. The molecule has 3 aromatic rings. The Morgan fingerprint density at radius 2 is 1.78 bits per heavy atom. The fourth-order valence-corrected chi connectivity index (χ4v) is 4.59. The van der Waals surface area contributed by atoms with Crippen LogP contribution in [-0.2, 0) is 12.8 Å². The van der Waals surface area contributed by atoms with Gasteiger partial charge in [0.25, 0.3) is 11.6 Å². The van der Waals surface area contributed by atoms with Crippen molar-refractivity contribution in [2.45, 2.75) is 25.8 Å². The molecular weight excluding hydrogens is 484 g/mol. The molecule has 4 rings (SSSR count). The van der Waals surface area contributed by atoms with E-state index in [2.05, 4.69) is 6.92 Å². The van der Waals surface area contributed by atoms with Gasteiger partial charge in [-0.2, -0.15) is 0 Å². The summed E-state index contributed by atoms with van der Waals surface area (Å²) in [5.74, 6) is 1.50. The van der Waals surface area contributed by atoms with Crippen LogP contribution in [0.3, 0.4) is 0 Å². The SMILES string of the molecule is CCc1ccc(OCC2c3cc(OC)c(OC)cc3CCN2C(=O)c2ccc(Cl)c([N+](=O)[O-])c2)cc1. The Labute approximate surface area is 214 Å². The molecule has 1 atom stereocenters. The van der Waals surface area contributed by atoms with Gasteiger partial charge in [0.15, 0.2) is 11.5 Å². The molecule has 9 heteroatoms. The fraction of sp³-hybridized carbons (Fsp3) is 0.296. The third-order valence-electron chi connectivity index (χ3n) is 6.39. The lowest BCUT2D eigenvalue weighted by Crippen LogP contribution is -2.42. The quantitative estimate of drug-likeness (QED) is 0.287. The molecule has 0 radical (unpaired) electrons. The zero-order valence-corrected chi connectivity index (χ0v) is 21.1. The molecule has 1 aliphatic rings. The number of carbonyl (C=O) groups excluding carboxylic acids is 1. The topological polar surface area (TPSA) is 91.1 Å². The number of aryl methyl sites for hydroxylation is 1. The first kappa shape index (κ1) is 25.3. The number of carbonyl (C=O) groups is 1. The summed E-state index contributed by atoms with van der Waals surface area (Å²) in [6.45, 7) is 2.68. The second-order valence-corrected chi connectivity index (χ2v) is 8.81. The van der Waals surface area contributed by atoms with Crippen LogP contribution in [0.1, 0.15) is 40.0 Å². The maximum Gasteiger partial charge on any atom is 0.288 e. The van der Waals surface area contributed by atoms with E-state index in [4.69, 9.17) is 25.8 Å². The third-order valence-corrected chi connectivity index (χ3v) is 6.71. The Morgan fingerprint density at radius 1 is 1.08 bits per heavy atom. The summed E-state index contributed by atoms with van der Waals surface area (Å²) in [4.78, 5) is 26.1. The van der Waals surface area contributed by atoms with Crippen LogP contribution in [0.4, 0.5) is 5.69 Å². The van der Waals surface area contributed by atoms with Crippen LogP contribution in [0.5, 0.6) is 17.2 Å². The molecule has 1 aliphatic heterocycles. The van der Waals surface area contributed by atoms with Gasteiger partial charge in [-0.25, -0.2) is 0 Å². The first-order valence-electron chi connectivity index (χ1n) is 11.6. The van der Waals surface area contributed by atoms with E-state index in [9.17, 15) is 14.9 Å². The number of nitro benzene ring substituents is 1. The van der Waals surface area contributed by atoms with Gasteiger partial charge in [-0.1, -0.05) is 30.7 Å². The molecule has 0 N–H and O–H groups in total. The Bertz CT molecular complexity index is 1280. The van der Waals surface area contributed by atoms with Crippen molar-refractivity contribution in [2.24, 2.45) is 0 Å². The minimum Gasteiger partial charge on any atom is -0.493 e. The first-order valence-corrected chi connectivity index (χ1v) is 12.0. The number of ether oxygens (including phenoxy) is 3. The highest BCUT2D eigenvalue weighted by molar-refractivity contribution is 6.32. The van der Waals surface area contributed by atoms with E-state index in [1.165, 1.54) is 23.8 Å². The highest BCUT2D eigenvalue weighted by atomic mass is 35.5. The van der Waals surface area contributed by atoms with Crippen molar-refractivity contribution < 1.29 is 23.9 Å². The second kappa shape index (κ2) is 10.9. The smallest absolute Gasteiger partial charge is 0.288 e. The standard InChI is InChI=1S/C27H27ClN2O6/c1-4-17-5-8-20(9-6-17)36-16-24-21-15-26(35-3)25(34-2)14-18(21)11-12-29(24)27(31)19-7-10-22(28)23(13-19)30(32)33/h5-10,13-15,24H,4,11-12,16H2,1-3H3. The maximum absolute atomic E-state index is 13.6. The lowest BCUT2D eigenvalue weighted by Gasteiger charge is -2.37. The highest BCUT2D eigenvalue weighted by Crippen LogP contribution is 2.39. The zero-order chi connectivity index (χ0) is 25.8. The molecular formula is C27H27ClN2O6. The number of fused-ring (bicyclic) bond motifs is 1. The molecule has 0 aliphatic carbocycles. The summed E-state index contributed by atoms with van der Waals surface area (Å²) in [7, 11) is 3.14. The Hall–Kier alpha value is -3.78. The summed E-state index contributed by atoms with van der Waals surface area (Å²) >= 11 is 5.97. The van der Waals surface area contributed by atoms with E-state index in [1.54, 1.807) is 19.1 Å². The third kappa shape index (κ3) is 5.09. The van der Waals surface area contributed by atoms with E-state index in [-0.39, 0.29) is 28.8 Å². The van der Waals surface area contributed by atoms with Crippen LogP contribution in [0.25, 0.3) is 0 Å². The van der Waals surface area contributed by atoms with Gasteiger partial charge < -0.3 is 19.1 Å². The van der Waals surface area contributed by atoms with Gasteiger partial charge in [-0.15, -0.1) is 0 Å². The number of methoxy groups -OCH3 is 2. The number of hydrogen-bond donors (Lipinski definition) is 0. The summed E-state index contributed by atoms with van der Waals surface area (Å²) in [5.41, 5.74) is 2.97. The number of nitro groups is 1. The van der Waals surface area contributed by atoms with Gasteiger partial charge in [0.2, 0.25) is 0 Å². The molecule has 0 spiro atoms. The number of hydrogen-bond acceptors (Lipinski definition) is 6. The van der Waals surface area contributed by atoms with E-state index < -0.39 is 11.0 Å². The van der Waals surface area contributed by atoms with Crippen LogP contribution < -0.4 is 14.2 Å². The van der Waals surface area contributed by atoms with E-state index in [0.29, 0.717) is 30.2 Å². The molecule has 0 saturated carbocycles. The van der Waals surface area contributed by atoms with Crippen molar-refractivity contribution in [1.29, 1.82) is 0 Å². The van der Waals surface area contributed by atoms with Crippen molar-refractivity contribution in [1.82, 2.24) is 4.90 Å². The van der Waals surface area contributed by atoms with E-state index >= 15 is 0 Å². The lowest BCUT2D eigenvalue weighted by atomic mass is 9.91. The molecule has 0 aromatic heterocycles. The number of rotatable bonds is 8. The van der Waals surface area contributed by atoms with Gasteiger partial charge >= 0.3 is 0 Å². The largest absolute Gasteiger partial charge is 0.493 e.